The molecule has 2 saturated carbocycles. The lowest BCUT2D eigenvalue weighted by Gasteiger charge is -2.50. The highest BCUT2D eigenvalue weighted by molar-refractivity contribution is 6.14. The summed E-state index contributed by atoms with van der Waals surface area (Å²) in [6.45, 7) is 0.462. The van der Waals surface area contributed by atoms with Crippen LogP contribution in [0.1, 0.15) is 46.3 Å². The number of amides is 1. The Morgan fingerprint density at radius 2 is 1.81 bits per heavy atom. The summed E-state index contributed by atoms with van der Waals surface area (Å²) < 4.78 is 44.0. The summed E-state index contributed by atoms with van der Waals surface area (Å²) in [5, 5.41) is 24.1. The molecule has 11 nitrogen and oxygen atoms in total. The van der Waals surface area contributed by atoms with Crippen molar-refractivity contribution < 1.29 is 42.6 Å². The molecule has 0 bridgehead atoms. The fourth-order valence-corrected chi connectivity index (χ4v) is 7.77. The SMILES string of the molecule is CN(Cc1cc(O)c2c(c1C(F)(F)F)CC1CC3C(C(N=O)=C1C2=O)C(C(=O)O)C(C(N)=O)C(=O)C3N(C)C)CC1CC1. The Morgan fingerprint density at radius 3 is 2.33 bits per heavy atom. The van der Waals surface area contributed by atoms with E-state index < -0.39 is 99.8 Å². The Labute approximate surface area is 244 Å². The highest BCUT2D eigenvalue weighted by Gasteiger charge is 2.61. The number of carboxylic acids is 1. The highest BCUT2D eigenvalue weighted by atomic mass is 19.4. The number of carboxylic acid groups (broad SMARTS) is 1. The quantitative estimate of drug-likeness (QED) is 0.297. The first kappa shape index (κ1) is 30.8. The Balaban J connectivity index is 1.70. The van der Waals surface area contributed by atoms with Crippen LogP contribution in [0.2, 0.25) is 0 Å². The van der Waals surface area contributed by atoms with Gasteiger partial charge in [-0.15, -0.1) is 4.91 Å². The number of carbonyl (C=O) groups excluding carboxylic acids is 3. The molecule has 4 aliphatic rings. The van der Waals surface area contributed by atoms with Crippen molar-refractivity contribution in [1.29, 1.82) is 0 Å². The van der Waals surface area contributed by atoms with Gasteiger partial charge in [0.15, 0.2) is 11.6 Å². The molecule has 6 atom stereocenters. The van der Waals surface area contributed by atoms with Gasteiger partial charge in [-0.2, -0.15) is 13.2 Å². The molecule has 2 fully saturated rings. The van der Waals surface area contributed by atoms with Crippen LogP contribution < -0.4 is 5.73 Å². The van der Waals surface area contributed by atoms with Crippen LogP contribution in [0.4, 0.5) is 13.2 Å². The van der Waals surface area contributed by atoms with Crippen LogP contribution in [0.25, 0.3) is 0 Å². The first-order valence-electron chi connectivity index (χ1n) is 14.1. The number of phenols is 1. The van der Waals surface area contributed by atoms with Crippen molar-refractivity contribution in [3.63, 3.8) is 0 Å². The number of hydrogen-bond donors (Lipinski definition) is 3. The van der Waals surface area contributed by atoms with Gasteiger partial charge in [0, 0.05) is 24.6 Å². The number of rotatable bonds is 8. The Bertz CT molecular complexity index is 1450. The summed E-state index contributed by atoms with van der Waals surface area (Å²) in [6.07, 6.45) is -3.42. The molecule has 5 rings (SSSR count). The van der Waals surface area contributed by atoms with Crippen LogP contribution in [0.15, 0.2) is 22.5 Å². The second-order valence-corrected chi connectivity index (χ2v) is 12.5. The van der Waals surface area contributed by atoms with E-state index in [0.29, 0.717) is 12.5 Å². The van der Waals surface area contributed by atoms with Crippen LogP contribution in [0.3, 0.4) is 0 Å². The third-order valence-electron chi connectivity index (χ3n) is 9.42. The number of aromatic hydroxyl groups is 1. The van der Waals surface area contributed by atoms with Gasteiger partial charge in [-0.05, 0) is 87.0 Å². The minimum absolute atomic E-state index is 0.119. The highest BCUT2D eigenvalue weighted by Crippen LogP contribution is 2.55. The van der Waals surface area contributed by atoms with Crippen LogP contribution in [0, 0.1) is 40.4 Å². The summed E-state index contributed by atoms with van der Waals surface area (Å²) in [5.74, 6) is -12.0. The molecule has 0 aliphatic heterocycles. The van der Waals surface area contributed by atoms with Gasteiger partial charge in [-0.1, -0.05) is 0 Å². The van der Waals surface area contributed by atoms with Gasteiger partial charge >= 0.3 is 12.1 Å². The number of allylic oxidation sites excluding steroid dienone is 2. The van der Waals surface area contributed by atoms with Crippen LogP contribution in [-0.2, 0) is 33.5 Å². The maximum atomic E-state index is 14.7. The zero-order valence-corrected chi connectivity index (χ0v) is 23.8. The smallest absolute Gasteiger partial charge is 0.417 e. The van der Waals surface area contributed by atoms with Crippen molar-refractivity contribution in [2.75, 3.05) is 27.7 Å². The second-order valence-electron chi connectivity index (χ2n) is 12.5. The summed E-state index contributed by atoms with van der Waals surface area (Å²) in [7, 11) is 4.71. The molecular weight excluding hydrogens is 573 g/mol. The van der Waals surface area contributed by atoms with E-state index in [1.807, 2.05) is 0 Å². The molecule has 0 heterocycles. The van der Waals surface area contributed by atoms with Gasteiger partial charge in [-0.25, -0.2) is 0 Å². The number of nitrogens with two attached hydrogens (primary N) is 1. The van der Waals surface area contributed by atoms with E-state index in [-0.39, 0.29) is 24.1 Å². The number of fused-ring (bicyclic) bond motifs is 3. The third-order valence-corrected chi connectivity index (χ3v) is 9.42. The van der Waals surface area contributed by atoms with E-state index in [4.69, 9.17) is 5.73 Å². The summed E-state index contributed by atoms with van der Waals surface area (Å²) in [4.78, 5) is 67.8. The predicted molar refractivity (Wildman–Crippen MR) is 144 cm³/mol. The number of likely N-dealkylation sites (N-methyl/N-ethyl adjacent to an activating group) is 1. The van der Waals surface area contributed by atoms with Crippen LogP contribution >= 0.6 is 0 Å². The number of phenolic OH excluding ortho intramolecular Hbond substituents is 1. The van der Waals surface area contributed by atoms with E-state index >= 15 is 0 Å². The van der Waals surface area contributed by atoms with Crippen LogP contribution in [0.5, 0.6) is 5.75 Å². The number of aliphatic carboxylic acids is 1. The largest absolute Gasteiger partial charge is 0.507 e. The fraction of sp³-hybridized carbons (Fsp3) is 0.586. The molecule has 232 valence electrons. The van der Waals surface area contributed by atoms with Gasteiger partial charge in [-0.3, -0.25) is 24.1 Å². The molecule has 43 heavy (non-hydrogen) atoms. The Kier molecular flexibility index (Phi) is 7.74. The lowest BCUT2D eigenvalue weighted by Crippen LogP contribution is -2.62. The maximum Gasteiger partial charge on any atom is 0.417 e. The van der Waals surface area contributed by atoms with Crippen molar-refractivity contribution in [2.45, 2.75) is 44.4 Å². The minimum Gasteiger partial charge on any atom is -0.507 e. The number of alkyl halides is 3. The number of primary amides is 1. The van der Waals surface area contributed by atoms with Crippen molar-refractivity contribution in [3.05, 3.63) is 44.5 Å². The van der Waals surface area contributed by atoms with Gasteiger partial charge in [0.2, 0.25) is 5.91 Å². The van der Waals surface area contributed by atoms with Gasteiger partial charge < -0.3 is 20.8 Å². The predicted octanol–water partition coefficient (Wildman–Crippen LogP) is 2.58. The number of ketones is 2. The molecule has 1 amide bonds. The summed E-state index contributed by atoms with van der Waals surface area (Å²) >= 11 is 0. The number of nitroso groups, excluding NO2 is 1. The topological polar surface area (TPSA) is 171 Å². The van der Waals surface area contributed by atoms with Gasteiger partial charge in [0.25, 0.3) is 0 Å². The minimum atomic E-state index is -4.88. The number of Topliss-reactive ketones (excluding diaryl/α,β-unsaturated/α-hetero) is 2. The molecule has 4 aliphatic carbocycles. The molecule has 0 radical (unpaired) electrons. The number of benzene rings is 1. The monoisotopic (exact) mass is 606 g/mol. The van der Waals surface area contributed by atoms with Crippen LogP contribution in [-0.4, -0.2) is 77.2 Å². The van der Waals surface area contributed by atoms with Crippen molar-refractivity contribution in [1.82, 2.24) is 9.80 Å². The van der Waals surface area contributed by atoms with E-state index in [0.717, 1.165) is 18.9 Å². The van der Waals surface area contributed by atoms with E-state index in [1.54, 1.807) is 11.9 Å². The Morgan fingerprint density at radius 1 is 1.16 bits per heavy atom. The van der Waals surface area contributed by atoms with Crippen molar-refractivity contribution in [3.8, 4) is 5.75 Å². The average Bonchev–Trinajstić information content (AvgIpc) is 3.68. The van der Waals surface area contributed by atoms with Gasteiger partial charge in [0.1, 0.15) is 11.7 Å². The van der Waals surface area contributed by atoms with E-state index in [1.165, 1.54) is 19.0 Å². The molecular formula is C29H33F3N4O7. The lowest BCUT2D eigenvalue weighted by atomic mass is 9.54. The first-order valence-corrected chi connectivity index (χ1v) is 14.1. The molecule has 1 aromatic carbocycles. The van der Waals surface area contributed by atoms with E-state index in [9.17, 15) is 47.5 Å². The number of carbonyl (C=O) groups is 4. The number of hydrogen-bond acceptors (Lipinski definition) is 9. The molecule has 0 aromatic heterocycles. The van der Waals surface area contributed by atoms with Crippen molar-refractivity contribution in [2.24, 2.45) is 46.4 Å². The molecule has 1 aromatic rings. The summed E-state index contributed by atoms with van der Waals surface area (Å²) in [5.41, 5.74) is 2.39. The standard InChI is InChI=1S/C29H33F3N4O7/c1-35(2)24-15-7-12-6-14-18(16(37)8-13(22(14)29(30,31)32)10-36(3)9-11-4-5-11)25(38)17(12)23(34-43)19(15)20(28(41)42)21(26(24)39)27(33)40/h8,11-12,15,19-21,24,37H,4-7,9-10H2,1-3H3,(H2,33,40)(H,41,42). The molecule has 14 heteroatoms. The molecule has 6 unspecified atom stereocenters. The Hall–Kier alpha value is -3.65. The molecule has 0 spiro atoms. The van der Waals surface area contributed by atoms with Crippen molar-refractivity contribution >= 4 is 23.4 Å². The number of halogens is 3. The lowest BCUT2D eigenvalue weighted by molar-refractivity contribution is -0.161. The average molecular weight is 607 g/mol. The first-order chi connectivity index (χ1) is 20.1. The zero-order chi connectivity index (χ0) is 31.7. The fourth-order valence-electron chi connectivity index (χ4n) is 7.77. The normalized spacial score (nSPS) is 28.9. The molecule has 4 N–H and O–H groups in total. The van der Waals surface area contributed by atoms with E-state index in [2.05, 4.69) is 5.18 Å². The maximum absolute atomic E-state index is 14.7. The number of nitrogens with zero attached hydrogens (tertiary/aromatic N) is 3. The zero-order valence-electron chi connectivity index (χ0n) is 23.8. The summed E-state index contributed by atoms with van der Waals surface area (Å²) in [6, 6.07) is -0.195. The molecule has 0 saturated heterocycles. The second kappa shape index (κ2) is 10.8. The van der Waals surface area contributed by atoms with Gasteiger partial charge in [0.05, 0.1) is 28.8 Å². The third kappa shape index (κ3) is 5.13.